The van der Waals surface area contributed by atoms with Crippen LogP contribution >= 0.6 is 0 Å². The Bertz CT molecular complexity index is 661. The highest BCUT2D eigenvalue weighted by atomic mass is 32.2. The summed E-state index contributed by atoms with van der Waals surface area (Å²) in [5.41, 5.74) is 4.79. The van der Waals surface area contributed by atoms with Crippen molar-refractivity contribution in [3.63, 3.8) is 0 Å². The van der Waals surface area contributed by atoms with Gasteiger partial charge in [0.2, 0.25) is 0 Å². The molecule has 1 fully saturated rings. The summed E-state index contributed by atoms with van der Waals surface area (Å²) >= 11 is 0. The van der Waals surface area contributed by atoms with E-state index in [0.717, 1.165) is 0 Å². The van der Waals surface area contributed by atoms with Crippen LogP contribution < -0.4 is 5.73 Å². The summed E-state index contributed by atoms with van der Waals surface area (Å²) in [7, 11) is -3.55. The molecule has 0 radical (unpaired) electrons. The molecule has 1 aliphatic rings. The predicted octanol–water partition coefficient (Wildman–Crippen LogP) is 0.987. The fraction of sp³-hybridized carbons (Fsp3) is 0.500. The Kier molecular flexibility index (Phi) is 4.08. The number of benzene rings is 1. The van der Waals surface area contributed by atoms with Gasteiger partial charge in [-0.3, -0.25) is 0 Å². The molecule has 0 unspecified atom stereocenters. The third-order valence-corrected chi connectivity index (χ3v) is 6.05. The molecule has 21 heavy (non-hydrogen) atoms. The Morgan fingerprint density at radius 2 is 2.10 bits per heavy atom. The molecule has 1 aromatic rings. The Morgan fingerprint density at radius 1 is 1.43 bits per heavy atom. The van der Waals surface area contributed by atoms with Gasteiger partial charge in [-0.25, -0.2) is 17.6 Å². The largest absolute Gasteiger partial charge is 0.465 e. The van der Waals surface area contributed by atoms with Gasteiger partial charge in [0.15, 0.2) is 9.84 Å². The number of hydrogen-bond acceptors (Lipinski definition) is 5. The summed E-state index contributed by atoms with van der Waals surface area (Å²) in [6.45, 7) is 3.21. The Balaban J connectivity index is 2.45. The summed E-state index contributed by atoms with van der Waals surface area (Å²) in [5, 5.41) is -1.07. The monoisotopic (exact) mass is 315 g/mol. The Morgan fingerprint density at radius 3 is 2.62 bits per heavy atom. The molecule has 1 aromatic carbocycles. The van der Waals surface area contributed by atoms with Crippen LogP contribution in [0.1, 0.15) is 25.3 Å². The summed E-state index contributed by atoms with van der Waals surface area (Å²) < 4.78 is 42.6. The number of esters is 1. The Hall–Kier alpha value is -1.47. The first-order chi connectivity index (χ1) is 9.79. The maximum Gasteiger partial charge on any atom is 0.328 e. The van der Waals surface area contributed by atoms with Gasteiger partial charge in [-0.2, -0.15) is 0 Å². The average Bonchev–Trinajstić information content (AvgIpc) is 3.08. The highest BCUT2D eigenvalue weighted by Gasteiger charge is 2.74. The molecule has 0 amide bonds. The highest BCUT2D eigenvalue weighted by Crippen LogP contribution is 2.55. The standard InChI is InChI=1S/C14H18FNO4S/c1-3-20-13(17)14(16)11(12(14)21(18,19)4-2)9-6-5-7-10(15)8-9/h5-8,11-12H,3-4,16H2,1-2H3/t11-,12+,14+/m1/s1. The molecule has 7 heteroatoms. The number of nitrogens with two attached hydrogens (primary N) is 1. The van der Waals surface area contributed by atoms with Crippen molar-refractivity contribution in [2.45, 2.75) is 30.6 Å². The number of carbonyl (C=O) groups is 1. The van der Waals surface area contributed by atoms with Gasteiger partial charge in [-0.15, -0.1) is 0 Å². The van der Waals surface area contributed by atoms with Crippen LogP contribution in [0.3, 0.4) is 0 Å². The maximum absolute atomic E-state index is 13.4. The summed E-state index contributed by atoms with van der Waals surface area (Å²) in [6.07, 6.45) is 0. The lowest BCUT2D eigenvalue weighted by molar-refractivity contribution is -0.145. The molecule has 0 heterocycles. The first kappa shape index (κ1) is 15.9. The van der Waals surface area contributed by atoms with E-state index in [2.05, 4.69) is 0 Å². The third kappa shape index (κ3) is 2.55. The number of halogens is 1. The fourth-order valence-electron chi connectivity index (χ4n) is 2.71. The van der Waals surface area contributed by atoms with E-state index in [0.29, 0.717) is 5.56 Å². The second kappa shape index (κ2) is 5.38. The van der Waals surface area contributed by atoms with E-state index in [1.54, 1.807) is 13.0 Å². The Labute approximate surface area is 123 Å². The molecule has 2 N–H and O–H groups in total. The van der Waals surface area contributed by atoms with Crippen molar-refractivity contribution < 1.29 is 22.3 Å². The van der Waals surface area contributed by atoms with Crippen molar-refractivity contribution >= 4 is 15.8 Å². The van der Waals surface area contributed by atoms with Gasteiger partial charge in [0.1, 0.15) is 11.4 Å². The van der Waals surface area contributed by atoms with Crippen LogP contribution in [0, 0.1) is 5.82 Å². The fourth-order valence-corrected chi connectivity index (χ4v) is 4.62. The normalized spacial score (nSPS) is 28.2. The number of carbonyl (C=O) groups excluding carboxylic acids is 1. The van der Waals surface area contributed by atoms with Crippen molar-refractivity contribution in [1.29, 1.82) is 0 Å². The summed E-state index contributed by atoms with van der Waals surface area (Å²) in [5.74, 6) is -2.18. The van der Waals surface area contributed by atoms with Gasteiger partial charge in [0, 0.05) is 11.7 Å². The first-order valence-electron chi connectivity index (χ1n) is 6.72. The average molecular weight is 315 g/mol. The third-order valence-electron chi connectivity index (χ3n) is 3.81. The van der Waals surface area contributed by atoms with Gasteiger partial charge in [-0.05, 0) is 24.6 Å². The number of ether oxygens (including phenoxy) is 1. The van der Waals surface area contributed by atoms with Crippen molar-refractivity contribution in [3.8, 4) is 0 Å². The van der Waals surface area contributed by atoms with E-state index in [1.165, 1.54) is 25.1 Å². The topological polar surface area (TPSA) is 86.5 Å². The molecule has 1 aliphatic carbocycles. The first-order valence-corrected chi connectivity index (χ1v) is 8.43. The van der Waals surface area contributed by atoms with Gasteiger partial charge < -0.3 is 10.5 Å². The van der Waals surface area contributed by atoms with Crippen LogP contribution in [0.4, 0.5) is 4.39 Å². The van der Waals surface area contributed by atoms with Gasteiger partial charge in [-0.1, -0.05) is 19.1 Å². The molecule has 116 valence electrons. The van der Waals surface area contributed by atoms with Crippen LogP contribution in [0.25, 0.3) is 0 Å². The molecule has 0 spiro atoms. The predicted molar refractivity (Wildman–Crippen MR) is 75.9 cm³/mol. The van der Waals surface area contributed by atoms with E-state index in [-0.39, 0.29) is 12.4 Å². The SMILES string of the molecule is CCOC(=O)[C@]1(N)[C@H](c2cccc(F)c2)[C@@H]1S(=O)(=O)CC. The molecule has 0 aromatic heterocycles. The highest BCUT2D eigenvalue weighted by molar-refractivity contribution is 7.92. The van der Waals surface area contributed by atoms with Crippen molar-refractivity contribution in [2.24, 2.45) is 5.73 Å². The van der Waals surface area contributed by atoms with Gasteiger partial charge in [0.25, 0.3) is 0 Å². The summed E-state index contributed by atoms with van der Waals surface area (Å²) in [4.78, 5) is 12.1. The van der Waals surface area contributed by atoms with Crippen molar-refractivity contribution in [2.75, 3.05) is 12.4 Å². The van der Waals surface area contributed by atoms with Gasteiger partial charge in [0.05, 0.1) is 11.9 Å². The van der Waals surface area contributed by atoms with E-state index in [1.807, 2.05) is 0 Å². The van der Waals surface area contributed by atoms with Crippen molar-refractivity contribution in [1.82, 2.24) is 0 Å². The van der Waals surface area contributed by atoms with Crippen LogP contribution in [0.5, 0.6) is 0 Å². The minimum atomic E-state index is -3.55. The minimum Gasteiger partial charge on any atom is -0.465 e. The molecular formula is C14H18FNO4S. The molecule has 1 saturated carbocycles. The van der Waals surface area contributed by atoms with Crippen LogP contribution in [-0.2, 0) is 19.4 Å². The van der Waals surface area contributed by atoms with E-state index in [9.17, 15) is 17.6 Å². The number of rotatable bonds is 5. The molecule has 0 aliphatic heterocycles. The lowest BCUT2D eigenvalue weighted by Gasteiger charge is -2.10. The van der Waals surface area contributed by atoms with Crippen molar-refractivity contribution in [3.05, 3.63) is 35.6 Å². The number of hydrogen-bond donors (Lipinski definition) is 1. The molecule has 0 saturated heterocycles. The quantitative estimate of drug-likeness (QED) is 0.819. The zero-order valence-electron chi connectivity index (χ0n) is 11.9. The lowest BCUT2D eigenvalue weighted by Crippen LogP contribution is -2.41. The van der Waals surface area contributed by atoms with E-state index < -0.39 is 38.3 Å². The number of sulfone groups is 1. The molecular weight excluding hydrogens is 297 g/mol. The molecule has 2 rings (SSSR count). The van der Waals surface area contributed by atoms with Gasteiger partial charge >= 0.3 is 5.97 Å². The lowest BCUT2D eigenvalue weighted by atomic mass is 10.1. The second-order valence-corrected chi connectivity index (χ2v) is 7.47. The molecule has 5 nitrogen and oxygen atoms in total. The minimum absolute atomic E-state index is 0.104. The summed E-state index contributed by atoms with van der Waals surface area (Å²) in [6, 6.07) is 5.48. The van der Waals surface area contributed by atoms with E-state index >= 15 is 0 Å². The van der Waals surface area contributed by atoms with Crippen LogP contribution in [-0.4, -0.2) is 37.5 Å². The maximum atomic E-state index is 13.4. The van der Waals surface area contributed by atoms with E-state index in [4.69, 9.17) is 10.5 Å². The molecule has 0 bridgehead atoms. The van der Waals surface area contributed by atoms with Crippen LogP contribution in [0.15, 0.2) is 24.3 Å². The zero-order valence-corrected chi connectivity index (χ0v) is 12.7. The molecule has 3 atom stereocenters. The second-order valence-electron chi connectivity index (χ2n) is 5.06. The smallest absolute Gasteiger partial charge is 0.328 e. The zero-order chi connectivity index (χ0) is 15.8. The van der Waals surface area contributed by atoms with Crippen LogP contribution in [0.2, 0.25) is 0 Å².